The average Bonchev–Trinajstić information content (AvgIpc) is 3.54. The fourth-order valence-electron chi connectivity index (χ4n) is 6.34. The predicted molar refractivity (Wildman–Crippen MR) is 196 cm³/mol. The molecule has 6 rings (SSSR count). The number of likely N-dealkylation sites (tertiary alicyclic amines) is 1. The van der Waals surface area contributed by atoms with E-state index in [1.54, 1.807) is 38.0 Å². The maximum absolute atomic E-state index is 14.5. The number of benzene rings is 2. The van der Waals surface area contributed by atoms with Crippen LogP contribution in [0.1, 0.15) is 40.0 Å². The minimum Gasteiger partial charge on any atom is -0.480 e. The first-order valence-electron chi connectivity index (χ1n) is 17.4. The third kappa shape index (κ3) is 8.46. The van der Waals surface area contributed by atoms with Crippen LogP contribution in [-0.2, 0) is 19.7 Å². The number of anilines is 2. The smallest absolute Gasteiger partial charge is 0.330 e. The molecule has 2 aliphatic heterocycles. The van der Waals surface area contributed by atoms with E-state index in [9.17, 15) is 27.3 Å². The van der Waals surface area contributed by atoms with Crippen molar-refractivity contribution in [3.63, 3.8) is 0 Å². The van der Waals surface area contributed by atoms with Crippen molar-refractivity contribution in [2.24, 2.45) is 5.41 Å². The molecule has 4 aromatic rings. The molecule has 2 aliphatic rings. The van der Waals surface area contributed by atoms with Crippen LogP contribution in [0.25, 0.3) is 22.0 Å². The number of sulfonamides is 1. The molecule has 0 aliphatic carbocycles. The minimum absolute atomic E-state index is 0.0714. The zero-order chi connectivity index (χ0) is 38.8. The Morgan fingerprint density at radius 2 is 1.85 bits per heavy atom. The van der Waals surface area contributed by atoms with Crippen molar-refractivity contribution in [1.29, 1.82) is 5.26 Å². The van der Waals surface area contributed by atoms with Crippen LogP contribution < -0.4 is 19.1 Å². The predicted octanol–water partition coefficient (Wildman–Crippen LogP) is 5.16. The van der Waals surface area contributed by atoms with E-state index in [-0.39, 0.29) is 30.0 Å². The Hall–Kier alpha value is -5.18. The van der Waals surface area contributed by atoms with Crippen molar-refractivity contribution in [2.75, 3.05) is 56.6 Å². The highest BCUT2D eigenvalue weighted by atomic mass is 32.2. The SMILES string of the molecule is COc1ncc(-c2ccc3nc(OC[C@@H]4CCCN4C)nc(N4CCN(OC(=O)C(C)(C)C)[C@@H](CC#N)C4)c3c2)cc1NS(=O)(=O)c1ccc(F)cc1F. The number of carbonyl (C=O) groups excluding carboxylic acids is 1. The van der Waals surface area contributed by atoms with Crippen molar-refractivity contribution in [2.45, 2.75) is 57.0 Å². The molecule has 54 heavy (non-hydrogen) atoms. The van der Waals surface area contributed by atoms with Gasteiger partial charge in [0.05, 0.1) is 43.1 Å². The molecule has 2 fully saturated rings. The molecule has 0 bridgehead atoms. The molecule has 0 saturated carbocycles. The number of aromatic nitrogens is 3. The first-order chi connectivity index (χ1) is 25.7. The third-order valence-corrected chi connectivity index (χ3v) is 10.8. The Bertz CT molecular complexity index is 2200. The molecule has 0 amide bonds. The molecule has 286 valence electrons. The molecular weight excluding hydrogens is 723 g/mol. The van der Waals surface area contributed by atoms with Gasteiger partial charge in [-0.3, -0.25) is 4.72 Å². The third-order valence-electron chi connectivity index (χ3n) is 9.40. The number of hydroxylamine groups is 2. The molecule has 0 radical (unpaired) electrons. The van der Waals surface area contributed by atoms with Crippen LogP contribution in [0.3, 0.4) is 0 Å². The zero-order valence-corrected chi connectivity index (χ0v) is 31.5. The zero-order valence-electron chi connectivity index (χ0n) is 30.7. The monoisotopic (exact) mass is 764 g/mol. The molecule has 4 heterocycles. The minimum atomic E-state index is -4.51. The molecule has 14 nitrogen and oxygen atoms in total. The van der Waals surface area contributed by atoms with E-state index in [2.05, 4.69) is 27.7 Å². The lowest BCUT2D eigenvalue weighted by Crippen LogP contribution is -2.54. The summed E-state index contributed by atoms with van der Waals surface area (Å²) in [6.07, 6.45) is 3.67. The lowest BCUT2D eigenvalue weighted by atomic mass is 9.98. The number of ether oxygens (including phenoxy) is 2. The fraction of sp³-hybridized carbons (Fsp3) is 0.432. The molecular formula is C37H42F2N8O6S. The van der Waals surface area contributed by atoms with Gasteiger partial charge < -0.3 is 24.1 Å². The number of likely N-dealkylation sites (N-methyl/N-ethyl adjacent to an activating group) is 1. The van der Waals surface area contributed by atoms with Crippen molar-refractivity contribution >= 4 is 38.4 Å². The molecule has 2 atom stereocenters. The van der Waals surface area contributed by atoms with Crippen LogP contribution in [0.4, 0.5) is 20.3 Å². The molecule has 2 aromatic carbocycles. The number of methoxy groups -OCH3 is 1. The van der Waals surface area contributed by atoms with Crippen molar-refractivity contribution < 1.29 is 36.3 Å². The first-order valence-corrected chi connectivity index (χ1v) is 18.9. The maximum atomic E-state index is 14.5. The van der Waals surface area contributed by atoms with Gasteiger partial charge in [0.25, 0.3) is 10.0 Å². The van der Waals surface area contributed by atoms with E-state index in [1.165, 1.54) is 19.4 Å². The number of pyridine rings is 1. The van der Waals surface area contributed by atoms with E-state index in [4.69, 9.17) is 24.3 Å². The highest BCUT2D eigenvalue weighted by Gasteiger charge is 2.35. The van der Waals surface area contributed by atoms with Crippen LogP contribution in [0.2, 0.25) is 0 Å². The van der Waals surface area contributed by atoms with E-state index in [0.717, 1.165) is 31.5 Å². The summed E-state index contributed by atoms with van der Waals surface area (Å²) in [7, 11) is -1.14. The van der Waals surface area contributed by atoms with E-state index < -0.39 is 44.0 Å². The molecule has 0 spiro atoms. The molecule has 1 N–H and O–H groups in total. The number of fused-ring (bicyclic) bond motifs is 1. The van der Waals surface area contributed by atoms with Crippen LogP contribution in [-0.4, -0.2) is 98.3 Å². The van der Waals surface area contributed by atoms with Gasteiger partial charge >= 0.3 is 12.0 Å². The van der Waals surface area contributed by atoms with Gasteiger partial charge in [0.2, 0.25) is 5.88 Å². The van der Waals surface area contributed by atoms with Gasteiger partial charge in [0, 0.05) is 42.3 Å². The lowest BCUT2D eigenvalue weighted by Gasteiger charge is -2.40. The number of rotatable bonds is 11. The Balaban J connectivity index is 1.37. The Morgan fingerprint density at radius 1 is 1.06 bits per heavy atom. The Morgan fingerprint density at radius 3 is 2.54 bits per heavy atom. The number of hydrogen-bond acceptors (Lipinski definition) is 13. The molecule has 2 saturated heterocycles. The van der Waals surface area contributed by atoms with Crippen LogP contribution in [0.15, 0.2) is 53.6 Å². The molecule has 2 aromatic heterocycles. The van der Waals surface area contributed by atoms with Gasteiger partial charge in [-0.25, -0.2) is 27.0 Å². The molecule has 17 heteroatoms. The van der Waals surface area contributed by atoms with Crippen LogP contribution in [0, 0.1) is 28.4 Å². The second-order valence-electron chi connectivity index (χ2n) is 14.3. The van der Waals surface area contributed by atoms with E-state index in [1.807, 2.05) is 11.0 Å². The summed E-state index contributed by atoms with van der Waals surface area (Å²) in [5.74, 6) is -2.11. The van der Waals surface area contributed by atoms with Gasteiger partial charge in [0.1, 0.15) is 34.6 Å². The summed E-state index contributed by atoms with van der Waals surface area (Å²) in [6.45, 7) is 7.70. The van der Waals surface area contributed by atoms with Gasteiger partial charge in [-0.2, -0.15) is 15.2 Å². The number of halogens is 2. The summed E-state index contributed by atoms with van der Waals surface area (Å²) in [5.41, 5.74) is 0.859. The number of nitrogens with zero attached hydrogens (tertiary/aromatic N) is 7. The van der Waals surface area contributed by atoms with Gasteiger partial charge in [-0.05, 0) is 83.1 Å². The summed E-state index contributed by atoms with van der Waals surface area (Å²) >= 11 is 0. The first kappa shape index (κ1) is 38.5. The van der Waals surface area contributed by atoms with Gasteiger partial charge in [0.15, 0.2) is 0 Å². The van der Waals surface area contributed by atoms with Crippen molar-refractivity contribution in [3.8, 4) is 29.1 Å². The number of carbonyl (C=O) groups is 1. The summed E-state index contributed by atoms with van der Waals surface area (Å²) in [6, 6.07) is 11.3. The lowest BCUT2D eigenvalue weighted by molar-refractivity contribution is -0.212. The second-order valence-corrected chi connectivity index (χ2v) is 16.0. The van der Waals surface area contributed by atoms with Crippen molar-refractivity contribution in [3.05, 3.63) is 60.3 Å². The highest BCUT2D eigenvalue weighted by Crippen LogP contribution is 2.35. The standard InChI is InChI=1S/C37H42F2N8O6S/c1-37(2,3)35(48)53-47-16-15-46(21-26(47)12-13-40)33-28-17-23(8-10-30(28)42-36(43-33)52-22-27-7-6-14-45(27)4)24-18-31(34(51-5)41-20-24)44-54(49,50)32-11-9-25(38)19-29(32)39/h8-11,17-20,26-27,44H,6-7,12,14-16,21-22H2,1-5H3/t26-,27-/m0/s1. The van der Waals surface area contributed by atoms with E-state index >= 15 is 0 Å². The van der Waals surface area contributed by atoms with E-state index in [0.29, 0.717) is 60.2 Å². The summed E-state index contributed by atoms with van der Waals surface area (Å²) in [4.78, 5) is 36.0. The largest absolute Gasteiger partial charge is 0.480 e. The number of nitriles is 1. The Labute approximate surface area is 312 Å². The van der Waals surface area contributed by atoms with Gasteiger partial charge in [-0.1, -0.05) is 6.07 Å². The normalized spacial score (nSPS) is 18.4. The van der Waals surface area contributed by atoms with Crippen molar-refractivity contribution in [1.82, 2.24) is 24.9 Å². The Kier molecular flexibility index (Phi) is 11.2. The van der Waals surface area contributed by atoms with Crippen LogP contribution >= 0.6 is 0 Å². The summed E-state index contributed by atoms with van der Waals surface area (Å²) in [5, 5.41) is 11.9. The maximum Gasteiger partial charge on any atom is 0.330 e. The second kappa shape index (κ2) is 15.7. The number of hydrogen-bond donors (Lipinski definition) is 1. The average molecular weight is 765 g/mol. The summed E-state index contributed by atoms with van der Waals surface area (Å²) < 4.78 is 68.2. The highest BCUT2D eigenvalue weighted by molar-refractivity contribution is 7.92. The fourth-order valence-corrected chi connectivity index (χ4v) is 7.45. The number of nitrogens with one attached hydrogen (secondary N) is 1. The van der Waals surface area contributed by atoms with Crippen LogP contribution in [0.5, 0.6) is 11.9 Å². The topological polar surface area (TPSA) is 163 Å². The molecule has 0 unspecified atom stereocenters. The number of piperazine rings is 1. The quantitative estimate of drug-likeness (QED) is 0.213. The van der Waals surface area contributed by atoms with Gasteiger partial charge in [-0.15, -0.1) is 5.06 Å².